The van der Waals surface area contributed by atoms with Gasteiger partial charge in [0.25, 0.3) is 0 Å². The number of fused-ring (bicyclic) bond motifs is 2. The van der Waals surface area contributed by atoms with Gasteiger partial charge in [0.15, 0.2) is 0 Å². The van der Waals surface area contributed by atoms with Gasteiger partial charge in [0.2, 0.25) is 0 Å². The van der Waals surface area contributed by atoms with Gasteiger partial charge >= 0.3 is 0 Å². The molecule has 0 radical (unpaired) electrons. The number of rotatable bonds is 4. The summed E-state index contributed by atoms with van der Waals surface area (Å²) >= 11 is 6.24. The second kappa shape index (κ2) is 7.08. The molecule has 2 nitrogen and oxygen atoms in total. The highest BCUT2D eigenvalue weighted by Gasteiger charge is 2.19. The van der Waals surface area contributed by atoms with E-state index in [2.05, 4.69) is 41.7 Å². The third-order valence-corrected chi connectivity index (χ3v) is 4.35. The minimum absolute atomic E-state index is 0.779. The van der Waals surface area contributed by atoms with E-state index in [4.69, 9.17) is 16.6 Å². The molecule has 0 aromatic heterocycles. The van der Waals surface area contributed by atoms with Crippen molar-refractivity contribution in [2.75, 3.05) is 20.1 Å². The van der Waals surface area contributed by atoms with E-state index in [1.807, 2.05) is 13.1 Å². The van der Waals surface area contributed by atoms with E-state index >= 15 is 0 Å². The molecule has 0 atom stereocenters. The lowest BCUT2D eigenvalue weighted by atomic mass is 9.98. The number of nitrogens with one attached hydrogen (secondary N) is 1. The lowest BCUT2D eigenvalue weighted by Crippen LogP contribution is -2.11. The summed E-state index contributed by atoms with van der Waals surface area (Å²) in [6.45, 7) is 1.82. The smallest absolute Gasteiger partial charge is 0.0724 e. The van der Waals surface area contributed by atoms with Gasteiger partial charge in [-0.15, -0.1) is 0 Å². The molecule has 0 fully saturated rings. The van der Waals surface area contributed by atoms with Crippen molar-refractivity contribution in [2.24, 2.45) is 4.99 Å². The number of halogens is 1. The van der Waals surface area contributed by atoms with E-state index in [-0.39, 0.29) is 0 Å². The number of hydrogen-bond donors (Lipinski definition) is 1. The highest BCUT2D eigenvalue weighted by Crippen LogP contribution is 2.27. The third-order valence-electron chi connectivity index (χ3n) is 4.12. The second-order valence-corrected chi connectivity index (χ2v) is 6.08. The van der Waals surface area contributed by atoms with Gasteiger partial charge in [-0.25, -0.2) is 0 Å². The van der Waals surface area contributed by atoms with Crippen molar-refractivity contribution in [1.29, 1.82) is 0 Å². The van der Waals surface area contributed by atoms with Crippen molar-refractivity contribution in [3.8, 4) is 0 Å². The minimum Gasteiger partial charge on any atom is -0.320 e. The Kier molecular flexibility index (Phi) is 4.91. The Morgan fingerprint density at radius 1 is 1.05 bits per heavy atom. The van der Waals surface area contributed by atoms with Gasteiger partial charge in [0.1, 0.15) is 0 Å². The van der Waals surface area contributed by atoms with Crippen LogP contribution in [0.4, 0.5) is 0 Å². The van der Waals surface area contributed by atoms with Gasteiger partial charge in [-0.1, -0.05) is 41.9 Å². The standard InChI is InChI=1S/C19H21ClN2/c1-21-11-4-12-22-19-17-6-3-2-5-14(17)7-8-15-9-10-16(20)13-18(15)19/h2-3,5-6,9-10,13,21H,4,7-8,11-12H2,1H3. The summed E-state index contributed by atoms with van der Waals surface area (Å²) in [5, 5.41) is 3.95. The molecule has 0 saturated heterocycles. The molecule has 22 heavy (non-hydrogen) atoms. The highest BCUT2D eigenvalue weighted by atomic mass is 35.5. The average Bonchev–Trinajstić information content (AvgIpc) is 2.69. The van der Waals surface area contributed by atoms with Crippen molar-refractivity contribution < 1.29 is 0 Å². The van der Waals surface area contributed by atoms with E-state index in [1.54, 1.807) is 0 Å². The fourth-order valence-corrected chi connectivity index (χ4v) is 3.16. The molecule has 0 aliphatic heterocycles. The zero-order valence-electron chi connectivity index (χ0n) is 12.9. The molecule has 1 N–H and O–H groups in total. The first-order valence-electron chi connectivity index (χ1n) is 7.85. The molecule has 3 rings (SSSR count). The average molecular weight is 313 g/mol. The molecule has 114 valence electrons. The Hall–Kier alpha value is -1.64. The molecular weight excluding hydrogens is 292 g/mol. The molecular formula is C19H21ClN2. The van der Waals surface area contributed by atoms with Crippen LogP contribution in [-0.4, -0.2) is 25.8 Å². The minimum atomic E-state index is 0.779. The van der Waals surface area contributed by atoms with Crippen molar-refractivity contribution in [3.63, 3.8) is 0 Å². The number of aryl methyl sites for hydroxylation is 2. The quantitative estimate of drug-likeness (QED) is 0.851. The van der Waals surface area contributed by atoms with Gasteiger partial charge in [-0.3, -0.25) is 4.99 Å². The van der Waals surface area contributed by atoms with Crippen molar-refractivity contribution in [1.82, 2.24) is 5.32 Å². The summed E-state index contributed by atoms with van der Waals surface area (Å²) in [5.41, 5.74) is 6.27. The molecule has 2 aromatic carbocycles. The topological polar surface area (TPSA) is 24.4 Å². The third kappa shape index (κ3) is 3.23. The van der Waals surface area contributed by atoms with Crippen LogP contribution >= 0.6 is 11.6 Å². The summed E-state index contributed by atoms with van der Waals surface area (Å²) in [6.07, 6.45) is 3.14. The number of nitrogens with zero attached hydrogens (tertiary/aromatic N) is 1. The lowest BCUT2D eigenvalue weighted by Gasteiger charge is -2.11. The summed E-state index contributed by atoms with van der Waals surface area (Å²) in [7, 11) is 1.98. The zero-order chi connectivity index (χ0) is 15.4. The monoisotopic (exact) mass is 312 g/mol. The normalized spacial score (nSPS) is 15.3. The summed E-state index contributed by atoms with van der Waals surface area (Å²) in [6, 6.07) is 14.8. The molecule has 0 spiro atoms. The zero-order valence-corrected chi connectivity index (χ0v) is 13.7. The van der Waals surface area contributed by atoms with E-state index in [0.29, 0.717) is 0 Å². The summed E-state index contributed by atoms with van der Waals surface area (Å²) in [5.74, 6) is 0. The molecule has 2 aromatic rings. The first-order valence-corrected chi connectivity index (χ1v) is 8.23. The van der Waals surface area contributed by atoms with Crippen LogP contribution in [0.1, 0.15) is 28.7 Å². The predicted molar refractivity (Wildman–Crippen MR) is 94.4 cm³/mol. The number of aliphatic imine (C=N–C) groups is 1. The van der Waals surface area contributed by atoms with Crippen LogP contribution in [0.25, 0.3) is 0 Å². The van der Waals surface area contributed by atoms with Crippen molar-refractivity contribution >= 4 is 17.3 Å². The SMILES string of the molecule is CNCCCN=C1c2ccccc2CCc2ccc(Cl)cc21. The summed E-state index contributed by atoms with van der Waals surface area (Å²) < 4.78 is 0. The maximum atomic E-state index is 6.24. The maximum absolute atomic E-state index is 6.24. The van der Waals surface area contributed by atoms with Crippen LogP contribution in [0.5, 0.6) is 0 Å². The van der Waals surface area contributed by atoms with Crippen LogP contribution in [-0.2, 0) is 12.8 Å². The molecule has 0 heterocycles. The van der Waals surface area contributed by atoms with Gasteiger partial charge < -0.3 is 5.32 Å². The van der Waals surface area contributed by atoms with Crippen LogP contribution in [0, 0.1) is 0 Å². The van der Waals surface area contributed by atoms with Crippen LogP contribution in [0.2, 0.25) is 5.02 Å². The van der Waals surface area contributed by atoms with Crippen LogP contribution in [0.3, 0.4) is 0 Å². The second-order valence-electron chi connectivity index (χ2n) is 5.65. The molecule has 1 aliphatic carbocycles. The highest BCUT2D eigenvalue weighted by molar-refractivity contribution is 6.31. The Morgan fingerprint density at radius 3 is 2.64 bits per heavy atom. The first-order chi connectivity index (χ1) is 10.8. The van der Waals surface area contributed by atoms with E-state index in [0.717, 1.165) is 43.1 Å². The fraction of sp³-hybridized carbons (Fsp3) is 0.316. The Morgan fingerprint density at radius 2 is 1.82 bits per heavy atom. The lowest BCUT2D eigenvalue weighted by molar-refractivity contribution is 0.734. The Labute approximate surface area is 137 Å². The molecule has 0 bridgehead atoms. The van der Waals surface area contributed by atoms with Crippen LogP contribution < -0.4 is 5.32 Å². The molecule has 1 aliphatic rings. The summed E-state index contributed by atoms with van der Waals surface area (Å²) in [4.78, 5) is 4.92. The molecule has 3 heteroatoms. The fourth-order valence-electron chi connectivity index (χ4n) is 2.99. The van der Waals surface area contributed by atoms with E-state index in [1.165, 1.54) is 22.3 Å². The van der Waals surface area contributed by atoms with E-state index < -0.39 is 0 Å². The van der Waals surface area contributed by atoms with Gasteiger partial charge in [0.05, 0.1) is 5.71 Å². The van der Waals surface area contributed by atoms with Crippen molar-refractivity contribution in [3.05, 3.63) is 69.7 Å². The first kappa shape index (κ1) is 15.3. The largest absolute Gasteiger partial charge is 0.320 e. The molecule has 0 amide bonds. The molecule has 0 unspecified atom stereocenters. The van der Waals surface area contributed by atoms with E-state index in [9.17, 15) is 0 Å². The van der Waals surface area contributed by atoms with Gasteiger partial charge in [-0.05, 0) is 56.1 Å². The van der Waals surface area contributed by atoms with Crippen molar-refractivity contribution in [2.45, 2.75) is 19.3 Å². The Balaban J connectivity index is 2.06. The number of benzene rings is 2. The van der Waals surface area contributed by atoms with Gasteiger partial charge in [0, 0.05) is 22.7 Å². The number of hydrogen-bond acceptors (Lipinski definition) is 2. The predicted octanol–water partition coefficient (Wildman–Crippen LogP) is 3.89. The maximum Gasteiger partial charge on any atom is 0.0724 e. The van der Waals surface area contributed by atoms with Crippen LogP contribution in [0.15, 0.2) is 47.5 Å². The molecule has 0 saturated carbocycles. The Bertz CT molecular complexity index is 692. The van der Waals surface area contributed by atoms with Gasteiger partial charge in [-0.2, -0.15) is 0 Å².